The van der Waals surface area contributed by atoms with E-state index in [0.29, 0.717) is 20.5 Å². The van der Waals surface area contributed by atoms with Crippen LogP contribution in [0.25, 0.3) is 11.3 Å². The second kappa shape index (κ2) is 4.61. The second-order valence-electron chi connectivity index (χ2n) is 3.01. The van der Waals surface area contributed by atoms with Crippen LogP contribution in [0.3, 0.4) is 0 Å². The minimum absolute atomic E-state index is 0.0497. The molecule has 0 amide bonds. The highest BCUT2D eigenvalue weighted by Gasteiger charge is 2.11. The van der Waals surface area contributed by atoms with E-state index in [1.807, 2.05) is 0 Å². The first-order valence-corrected chi connectivity index (χ1v) is 5.86. The summed E-state index contributed by atoms with van der Waals surface area (Å²) in [6.07, 6.45) is 1.52. The van der Waals surface area contributed by atoms with Gasteiger partial charge in [-0.25, -0.2) is 9.37 Å². The van der Waals surface area contributed by atoms with Crippen LogP contribution >= 0.6 is 39.7 Å². The number of hydrogen-bond donors (Lipinski definition) is 1. The van der Waals surface area contributed by atoms with Crippen molar-refractivity contribution in [1.29, 1.82) is 0 Å². The van der Waals surface area contributed by atoms with E-state index < -0.39 is 5.82 Å². The van der Waals surface area contributed by atoms with E-state index in [2.05, 4.69) is 25.9 Å². The number of nitrogens with one attached hydrogen (secondary N) is 1. The van der Waals surface area contributed by atoms with E-state index in [1.165, 1.54) is 6.20 Å². The lowest BCUT2D eigenvalue weighted by Gasteiger charge is -2.05. The van der Waals surface area contributed by atoms with Gasteiger partial charge >= 0.3 is 0 Å². The first kappa shape index (κ1) is 11.7. The van der Waals surface area contributed by atoms with Crippen molar-refractivity contribution in [3.05, 3.63) is 44.5 Å². The van der Waals surface area contributed by atoms with Crippen molar-refractivity contribution in [3.8, 4) is 11.3 Å². The van der Waals surface area contributed by atoms with Crippen molar-refractivity contribution >= 4 is 39.7 Å². The van der Waals surface area contributed by atoms with Crippen molar-refractivity contribution in [3.63, 3.8) is 0 Å². The maximum atomic E-state index is 13.8. The maximum absolute atomic E-state index is 13.8. The minimum atomic E-state index is -0.493. The number of aromatic amines is 1. The quantitative estimate of drug-likeness (QED) is 0.625. The molecule has 0 aliphatic rings. The number of halogens is 3. The predicted octanol–water partition coefficient (Wildman–Crippen LogP) is 4.36. The van der Waals surface area contributed by atoms with Crippen LogP contribution in [-0.2, 0) is 0 Å². The summed E-state index contributed by atoms with van der Waals surface area (Å²) in [6, 6.07) is 4.93. The summed E-state index contributed by atoms with van der Waals surface area (Å²) in [5.74, 6) is -0.493. The van der Waals surface area contributed by atoms with E-state index in [-0.39, 0.29) is 5.02 Å². The molecule has 0 unspecified atom stereocenters. The van der Waals surface area contributed by atoms with Crippen molar-refractivity contribution in [2.75, 3.05) is 0 Å². The van der Waals surface area contributed by atoms with Gasteiger partial charge in [0.25, 0.3) is 0 Å². The molecule has 2 nitrogen and oxygen atoms in total. The van der Waals surface area contributed by atoms with Gasteiger partial charge in [0.2, 0.25) is 0 Å². The molecule has 2 rings (SSSR count). The van der Waals surface area contributed by atoms with E-state index in [9.17, 15) is 4.39 Å². The Morgan fingerprint density at radius 2 is 2.12 bits per heavy atom. The van der Waals surface area contributed by atoms with E-state index in [1.54, 1.807) is 18.2 Å². The summed E-state index contributed by atoms with van der Waals surface area (Å²) in [4.78, 5) is 6.63. The van der Waals surface area contributed by atoms with Crippen LogP contribution in [-0.4, -0.2) is 9.97 Å². The largest absolute Gasteiger partial charge is 0.330 e. The fourth-order valence-electron chi connectivity index (χ4n) is 1.26. The van der Waals surface area contributed by atoms with Crippen molar-refractivity contribution in [2.45, 2.75) is 0 Å². The van der Waals surface area contributed by atoms with Crippen LogP contribution in [0.2, 0.25) is 5.02 Å². The Morgan fingerprint density at radius 1 is 1.38 bits per heavy atom. The van der Waals surface area contributed by atoms with Gasteiger partial charge in [0, 0.05) is 16.2 Å². The van der Waals surface area contributed by atoms with Crippen LogP contribution in [0.4, 0.5) is 4.39 Å². The first-order chi connectivity index (χ1) is 7.59. The molecule has 1 heterocycles. The molecule has 0 saturated heterocycles. The van der Waals surface area contributed by atoms with Crippen LogP contribution in [0.15, 0.2) is 28.9 Å². The second-order valence-corrected chi connectivity index (χ2v) is 4.63. The molecule has 0 aliphatic heterocycles. The molecule has 16 heavy (non-hydrogen) atoms. The fourth-order valence-corrected chi connectivity index (χ4v) is 1.90. The zero-order chi connectivity index (χ0) is 11.7. The molecule has 0 saturated carbocycles. The van der Waals surface area contributed by atoms with E-state index in [4.69, 9.17) is 23.8 Å². The zero-order valence-corrected chi connectivity index (χ0v) is 11.0. The highest BCUT2D eigenvalue weighted by molar-refractivity contribution is 9.10. The summed E-state index contributed by atoms with van der Waals surface area (Å²) in [5.41, 5.74) is 0.911. The monoisotopic (exact) mass is 318 g/mol. The molecule has 0 aliphatic carbocycles. The molecular formula is C10H5BrClFN2S. The number of nitrogens with zero attached hydrogens (tertiary/aromatic N) is 1. The average Bonchev–Trinajstić information content (AvgIpc) is 2.26. The third-order valence-electron chi connectivity index (χ3n) is 2.00. The molecule has 1 N–H and O–H groups in total. The Labute approximate surface area is 110 Å². The standard InChI is InChI=1S/C10H5BrClFN2S/c11-6-2-1-5(9(13)8(6)12)7-3-4-14-10(16)15-7/h1-4H,(H,14,15,16). The van der Waals surface area contributed by atoms with Gasteiger partial charge in [0.05, 0.1) is 10.7 Å². The number of rotatable bonds is 1. The molecule has 0 atom stereocenters. The van der Waals surface area contributed by atoms with Gasteiger partial charge in [-0.05, 0) is 46.3 Å². The van der Waals surface area contributed by atoms with Crippen LogP contribution < -0.4 is 0 Å². The van der Waals surface area contributed by atoms with Crippen molar-refractivity contribution < 1.29 is 4.39 Å². The van der Waals surface area contributed by atoms with Crippen LogP contribution in [0.5, 0.6) is 0 Å². The Balaban J connectivity index is 2.66. The lowest BCUT2D eigenvalue weighted by atomic mass is 10.1. The summed E-state index contributed by atoms with van der Waals surface area (Å²) in [7, 11) is 0. The third-order valence-corrected chi connectivity index (χ3v) is 3.47. The molecule has 1 aromatic carbocycles. The topological polar surface area (TPSA) is 28.7 Å². The predicted molar refractivity (Wildman–Crippen MR) is 67.5 cm³/mol. The zero-order valence-electron chi connectivity index (χ0n) is 7.80. The minimum Gasteiger partial charge on any atom is -0.330 e. The Kier molecular flexibility index (Phi) is 3.37. The molecule has 82 valence electrons. The van der Waals surface area contributed by atoms with Gasteiger partial charge in [-0.15, -0.1) is 0 Å². The molecular weight excluding hydrogens is 315 g/mol. The maximum Gasteiger partial charge on any atom is 0.197 e. The average molecular weight is 320 g/mol. The van der Waals surface area contributed by atoms with Gasteiger partial charge < -0.3 is 4.98 Å². The highest BCUT2D eigenvalue weighted by Crippen LogP contribution is 2.31. The molecule has 0 spiro atoms. The summed E-state index contributed by atoms with van der Waals surface area (Å²) in [6.45, 7) is 0. The highest BCUT2D eigenvalue weighted by atomic mass is 79.9. The molecule has 2 aromatic rings. The van der Waals surface area contributed by atoms with E-state index >= 15 is 0 Å². The summed E-state index contributed by atoms with van der Waals surface area (Å²) in [5, 5.41) is 0.0497. The summed E-state index contributed by atoms with van der Waals surface area (Å²) >= 11 is 13.8. The molecule has 0 radical (unpaired) electrons. The molecule has 1 aromatic heterocycles. The van der Waals surface area contributed by atoms with Crippen LogP contribution in [0, 0.1) is 10.6 Å². The van der Waals surface area contributed by atoms with Gasteiger partial charge in [-0.1, -0.05) is 11.6 Å². The van der Waals surface area contributed by atoms with Gasteiger partial charge in [-0.3, -0.25) is 0 Å². The van der Waals surface area contributed by atoms with Crippen LogP contribution in [0.1, 0.15) is 0 Å². The Morgan fingerprint density at radius 3 is 2.81 bits per heavy atom. The molecule has 6 heteroatoms. The van der Waals surface area contributed by atoms with Gasteiger partial charge in [0.15, 0.2) is 10.6 Å². The normalized spacial score (nSPS) is 10.4. The molecule has 0 bridgehead atoms. The Bertz CT molecular complexity index is 600. The number of benzene rings is 1. The summed E-state index contributed by atoms with van der Waals surface area (Å²) < 4.78 is 14.7. The third kappa shape index (κ3) is 2.16. The lowest BCUT2D eigenvalue weighted by Crippen LogP contribution is -1.91. The van der Waals surface area contributed by atoms with Gasteiger partial charge in [-0.2, -0.15) is 0 Å². The number of H-pyrrole nitrogens is 1. The Hall–Kier alpha value is -0.780. The SMILES string of the molecule is Fc1c(-c2ccnc(=S)[nH]2)ccc(Br)c1Cl. The van der Waals surface area contributed by atoms with Gasteiger partial charge in [0.1, 0.15) is 0 Å². The first-order valence-electron chi connectivity index (χ1n) is 4.29. The molecule has 0 fully saturated rings. The number of hydrogen-bond acceptors (Lipinski definition) is 2. The van der Waals surface area contributed by atoms with Crippen molar-refractivity contribution in [2.24, 2.45) is 0 Å². The lowest BCUT2D eigenvalue weighted by molar-refractivity contribution is 0.630. The van der Waals surface area contributed by atoms with E-state index in [0.717, 1.165) is 0 Å². The fraction of sp³-hybridized carbons (Fsp3) is 0. The smallest absolute Gasteiger partial charge is 0.197 e. The van der Waals surface area contributed by atoms with Crippen molar-refractivity contribution in [1.82, 2.24) is 9.97 Å². The number of aromatic nitrogens is 2.